The van der Waals surface area contributed by atoms with Crippen LogP contribution in [0.5, 0.6) is 0 Å². The van der Waals surface area contributed by atoms with Crippen LogP contribution in [0.25, 0.3) is 5.57 Å². The van der Waals surface area contributed by atoms with Gasteiger partial charge in [0.2, 0.25) is 0 Å². The topological polar surface area (TPSA) is 12.0 Å². The molecule has 0 bridgehead atoms. The highest BCUT2D eigenvalue weighted by molar-refractivity contribution is 7.98. The lowest BCUT2D eigenvalue weighted by Gasteiger charge is -2.22. The van der Waals surface area contributed by atoms with E-state index in [9.17, 15) is 0 Å². The number of hydrogen-bond acceptors (Lipinski definition) is 2. The fourth-order valence-electron chi connectivity index (χ4n) is 2.53. The summed E-state index contributed by atoms with van der Waals surface area (Å²) in [7, 11) is 0. The Morgan fingerprint density at radius 3 is 3.00 bits per heavy atom. The number of thioether (sulfide) groups is 1. The lowest BCUT2D eigenvalue weighted by Crippen LogP contribution is -2.23. The number of rotatable bonds is 0. The van der Waals surface area contributed by atoms with Gasteiger partial charge in [-0.25, -0.2) is 0 Å². The van der Waals surface area contributed by atoms with Crippen molar-refractivity contribution in [3.8, 4) is 0 Å². The molecule has 0 amide bonds. The van der Waals surface area contributed by atoms with Crippen LogP contribution in [0, 0.1) is 6.92 Å². The highest BCUT2D eigenvalue weighted by atomic mass is 32.2. The van der Waals surface area contributed by atoms with Gasteiger partial charge in [-0.15, -0.1) is 0 Å². The molecule has 0 spiro atoms. The minimum Gasteiger partial charge on any atom is -0.309 e. The summed E-state index contributed by atoms with van der Waals surface area (Å²) in [6.07, 6.45) is 2.39. The molecule has 2 heterocycles. The molecule has 2 aliphatic rings. The summed E-state index contributed by atoms with van der Waals surface area (Å²) in [6.45, 7) is 4.28. The van der Waals surface area contributed by atoms with E-state index in [1.165, 1.54) is 22.5 Å². The normalized spacial score (nSPS) is 19.1. The second-order valence-corrected chi connectivity index (χ2v) is 5.34. The maximum atomic E-state index is 3.48. The van der Waals surface area contributed by atoms with Gasteiger partial charge >= 0.3 is 0 Å². The van der Waals surface area contributed by atoms with Crippen LogP contribution in [0.2, 0.25) is 0 Å². The summed E-state index contributed by atoms with van der Waals surface area (Å²) in [5, 5.41) is 3.48. The Balaban J connectivity index is 2.25. The maximum Gasteiger partial charge on any atom is 0.0214 e. The van der Waals surface area contributed by atoms with E-state index >= 15 is 0 Å². The zero-order chi connectivity index (χ0) is 10.3. The second kappa shape index (κ2) is 3.69. The van der Waals surface area contributed by atoms with E-state index < -0.39 is 0 Å². The minimum atomic E-state index is 1.03. The Morgan fingerprint density at radius 2 is 2.07 bits per heavy atom. The molecular formula is C13H15NS. The van der Waals surface area contributed by atoms with Crippen molar-refractivity contribution in [1.82, 2.24) is 5.32 Å². The van der Waals surface area contributed by atoms with Crippen molar-refractivity contribution in [1.29, 1.82) is 0 Å². The molecular weight excluding hydrogens is 202 g/mol. The van der Waals surface area contributed by atoms with Gasteiger partial charge in [0.1, 0.15) is 0 Å². The lowest BCUT2D eigenvalue weighted by molar-refractivity contribution is 0.741. The summed E-state index contributed by atoms with van der Waals surface area (Å²) in [5.74, 6) is 2.33. The van der Waals surface area contributed by atoms with E-state index in [1.54, 1.807) is 11.1 Å². The summed E-state index contributed by atoms with van der Waals surface area (Å²) >= 11 is 2.02. The number of aryl methyl sites for hydroxylation is 1. The third kappa shape index (κ3) is 1.62. The minimum absolute atomic E-state index is 1.03. The molecule has 0 saturated heterocycles. The van der Waals surface area contributed by atoms with Gasteiger partial charge in [-0.1, -0.05) is 23.8 Å². The molecule has 0 radical (unpaired) electrons. The van der Waals surface area contributed by atoms with Crippen LogP contribution in [0.1, 0.15) is 22.3 Å². The molecule has 0 saturated carbocycles. The number of benzene rings is 1. The molecule has 0 fully saturated rings. The standard InChI is InChI=1S/C13H15NS/c1-9-4-11-7-14-6-10-2-3-15-8-12(5-9)13(10)11/h2,4-5,14H,3,6-8H2,1H3. The van der Waals surface area contributed by atoms with Gasteiger partial charge in [-0.3, -0.25) is 0 Å². The average Bonchev–Trinajstić information content (AvgIpc) is 2.42. The van der Waals surface area contributed by atoms with Crippen molar-refractivity contribution in [2.24, 2.45) is 0 Å². The highest BCUT2D eigenvalue weighted by Crippen LogP contribution is 2.33. The Kier molecular flexibility index (Phi) is 2.33. The average molecular weight is 217 g/mol. The van der Waals surface area contributed by atoms with Crippen molar-refractivity contribution in [2.75, 3.05) is 12.3 Å². The predicted molar refractivity (Wildman–Crippen MR) is 67.0 cm³/mol. The number of nitrogens with one attached hydrogen (secondary N) is 1. The van der Waals surface area contributed by atoms with E-state index in [-0.39, 0.29) is 0 Å². The fourth-order valence-corrected chi connectivity index (χ4v) is 3.41. The van der Waals surface area contributed by atoms with Crippen LogP contribution < -0.4 is 5.32 Å². The van der Waals surface area contributed by atoms with Gasteiger partial charge in [-0.2, -0.15) is 11.8 Å². The fraction of sp³-hybridized carbons (Fsp3) is 0.385. The van der Waals surface area contributed by atoms with Gasteiger partial charge in [-0.05, 0) is 29.2 Å². The van der Waals surface area contributed by atoms with E-state index in [4.69, 9.17) is 0 Å². The number of hydrogen-bond donors (Lipinski definition) is 1. The summed E-state index contributed by atoms with van der Waals surface area (Å²) in [4.78, 5) is 0. The van der Waals surface area contributed by atoms with Crippen LogP contribution in [-0.2, 0) is 12.3 Å². The van der Waals surface area contributed by atoms with E-state index in [1.807, 2.05) is 11.8 Å². The molecule has 1 nitrogen and oxygen atoms in total. The van der Waals surface area contributed by atoms with Gasteiger partial charge in [0.25, 0.3) is 0 Å². The summed E-state index contributed by atoms with van der Waals surface area (Å²) in [6, 6.07) is 4.69. The summed E-state index contributed by atoms with van der Waals surface area (Å²) < 4.78 is 0. The third-order valence-electron chi connectivity index (χ3n) is 3.10. The molecule has 0 unspecified atom stereocenters. The predicted octanol–water partition coefficient (Wildman–Crippen LogP) is 2.73. The van der Waals surface area contributed by atoms with Crippen molar-refractivity contribution in [3.05, 3.63) is 40.5 Å². The third-order valence-corrected chi connectivity index (χ3v) is 4.02. The van der Waals surface area contributed by atoms with Crippen LogP contribution in [0.15, 0.2) is 18.2 Å². The van der Waals surface area contributed by atoms with Crippen molar-refractivity contribution in [3.63, 3.8) is 0 Å². The Hall–Kier alpha value is -0.730. The summed E-state index contributed by atoms with van der Waals surface area (Å²) in [5.41, 5.74) is 7.49. The highest BCUT2D eigenvalue weighted by Gasteiger charge is 2.19. The van der Waals surface area contributed by atoms with Crippen molar-refractivity contribution in [2.45, 2.75) is 19.2 Å². The molecule has 2 heteroatoms. The maximum absolute atomic E-state index is 3.48. The first-order valence-electron chi connectivity index (χ1n) is 5.45. The van der Waals surface area contributed by atoms with Gasteiger partial charge < -0.3 is 5.32 Å². The molecule has 78 valence electrons. The van der Waals surface area contributed by atoms with E-state index in [2.05, 4.69) is 30.4 Å². The van der Waals surface area contributed by atoms with Gasteiger partial charge in [0, 0.05) is 24.6 Å². The van der Waals surface area contributed by atoms with Gasteiger partial charge in [0.15, 0.2) is 0 Å². The first kappa shape index (κ1) is 9.49. The van der Waals surface area contributed by atoms with Crippen LogP contribution in [0.4, 0.5) is 0 Å². The van der Waals surface area contributed by atoms with E-state index in [0.29, 0.717) is 0 Å². The first-order valence-corrected chi connectivity index (χ1v) is 6.60. The largest absolute Gasteiger partial charge is 0.309 e. The van der Waals surface area contributed by atoms with Crippen molar-refractivity contribution < 1.29 is 0 Å². The molecule has 0 aromatic heterocycles. The first-order chi connectivity index (χ1) is 7.34. The van der Waals surface area contributed by atoms with Gasteiger partial charge in [0.05, 0.1) is 0 Å². The monoisotopic (exact) mass is 217 g/mol. The molecule has 1 aromatic rings. The zero-order valence-corrected chi connectivity index (χ0v) is 9.79. The zero-order valence-electron chi connectivity index (χ0n) is 8.97. The Morgan fingerprint density at radius 1 is 1.20 bits per heavy atom. The van der Waals surface area contributed by atoms with E-state index in [0.717, 1.165) is 18.8 Å². The quantitative estimate of drug-likeness (QED) is 0.717. The van der Waals surface area contributed by atoms with Crippen LogP contribution in [-0.4, -0.2) is 12.3 Å². The molecule has 15 heavy (non-hydrogen) atoms. The molecule has 0 atom stereocenters. The smallest absolute Gasteiger partial charge is 0.0214 e. The molecule has 1 aromatic carbocycles. The second-order valence-electron chi connectivity index (χ2n) is 4.31. The lowest BCUT2D eigenvalue weighted by atomic mass is 9.90. The van der Waals surface area contributed by atoms with Crippen molar-refractivity contribution >= 4 is 17.3 Å². The molecule has 1 N–H and O–H groups in total. The van der Waals surface area contributed by atoms with Crippen LogP contribution in [0.3, 0.4) is 0 Å². The molecule has 3 rings (SSSR count). The van der Waals surface area contributed by atoms with Crippen LogP contribution >= 0.6 is 11.8 Å². The SMILES string of the molecule is Cc1cc2c3c(c1)CSCC=C3CNC2. The molecule has 2 aliphatic heterocycles. The molecule has 0 aliphatic carbocycles. The Labute approximate surface area is 95.0 Å². The Bertz CT molecular complexity index is 434.